The summed E-state index contributed by atoms with van der Waals surface area (Å²) in [4.78, 5) is 51.2. The average Bonchev–Trinajstić information content (AvgIpc) is 3.15. The molecule has 0 aromatic heterocycles. The summed E-state index contributed by atoms with van der Waals surface area (Å²) in [5.74, 6) is -2.80. The van der Waals surface area contributed by atoms with E-state index in [1.165, 1.54) is 24.3 Å². The van der Waals surface area contributed by atoms with Crippen molar-refractivity contribution in [3.63, 3.8) is 0 Å². The van der Waals surface area contributed by atoms with E-state index in [-0.39, 0.29) is 0 Å². The largest absolute Gasteiger partial charge is 0.462 e. The molecular formula is C41H36O8. The van der Waals surface area contributed by atoms with E-state index in [0.717, 1.165) is 22.3 Å². The molecule has 0 bridgehead atoms. The van der Waals surface area contributed by atoms with Gasteiger partial charge in [-0.3, -0.25) is 0 Å². The fourth-order valence-electron chi connectivity index (χ4n) is 4.25. The molecule has 0 atom stereocenters. The van der Waals surface area contributed by atoms with Gasteiger partial charge < -0.3 is 18.9 Å². The number of esters is 4. The molecule has 0 N–H and O–H groups in total. The van der Waals surface area contributed by atoms with E-state index in [2.05, 4.69) is 0 Å². The van der Waals surface area contributed by atoms with Crippen molar-refractivity contribution in [2.75, 3.05) is 26.4 Å². The van der Waals surface area contributed by atoms with E-state index in [9.17, 15) is 19.2 Å². The molecule has 0 amide bonds. The molecular weight excluding hydrogens is 620 g/mol. The number of carbonyl (C=O) groups is 4. The zero-order chi connectivity index (χ0) is 34.6. The lowest BCUT2D eigenvalue weighted by Crippen LogP contribution is -2.43. The highest BCUT2D eigenvalue weighted by Gasteiger charge is 2.37. The van der Waals surface area contributed by atoms with Crippen LogP contribution in [-0.2, 0) is 38.1 Å². The van der Waals surface area contributed by atoms with Gasteiger partial charge in [0.05, 0.1) is 0 Å². The minimum absolute atomic E-state index is 0.411. The first kappa shape index (κ1) is 35.6. The molecule has 4 rings (SSSR count). The third-order valence-corrected chi connectivity index (χ3v) is 6.93. The molecule has 49 heavy (non-hydrogen) atoms. The van der Waals surface area contributed by atoms with Crippen molar-refractivity contribution in [2.24, 2.45) is 5.41 Å². The summed E-state index contributed by atoms with van der Waals surface area (Å²) in [6, 6.07) is 36.6. The molecule has 0 saturated heterocycles. The molecule has 0 aliphatic heterocycles. The summed E-state index contributed by atoms with van der Waals surface area (Å²) in [5, 5.41) is 0. The van der Waals surface area contributed by atoms with Crippen LogP contribution in [0, 0.1) is 5.41 Å². The van der Waals surface area contributed by atoms with Crippen LogP contribution in [0.5, 0.6) is 0 Å². The number of hydrogen-bond acceptors (Lipinski definition) is 8. The van der Waals surface area contributed by atoms with Crippen LogP contribution in [0.4, 0.5) is 0 Å². The lowest BCUT2D eigenvalue weighted by molar-refractivity contribution is -0.164. The van der Waals surface area contributed by atoms with Gasteiger partial charge in [0.15, 0.2) is 0 Å². The van der Waals surface area contributed by atoms with Crippen LogP contribution in [0.1, 0.15) is 22.3 Å². The topological polar surface area (TPSA) is 105 Å². The number of ether oxygens (including phenoxy) is 4. The van der Waals surface area contributed by atoms with Crippen molar-refractivity contribution < 1.29 is 38.1 Å². The van der Waals surface area contributed by atoms with Crippen molar-refractivity contribution in [2.45, 2.75) is 0 Å². The maximum Gasteiger partial charge on any atom is 0.330 e. The molecule has 0 aliphatic rings. The summed E-state index contributed by atoms with van der Waals surface area (Å²) in [5.41, 5.74) is 1.66. The van der Waals surface area contributed by atoms with E-state index < -0.39 is 55.7 Å². The Morgan fingerprint density at radius 1 is 0.367 bits per heavy atom. The summed E-state index contributed by atoms with van der Waals surface area (Å²) in [6.45, 7) is -1.64. The van der Waals surface area contributed by atoms with E-state index in [1.807, 2.05) is 121 Å². The molecule has 0 aliphatic carbocycles. The Labute approximate surface area is 285 Å². The highest BCUT2D eigenvalue weighted by Crippen LogP contribution is 2.22. The predicted molar refractivity (Wildman–Crippen MR) is 188 cm³/mol. The van der Waals surface area contributed by atoms with E-state index in [4.69, 9.17) is 18.9 Å². The zero-order valence-corrected chi connectivity index (χ0v) is 26.8. The molecule has 8 heteroatoms. The van der Waals surface area contributed by atoms with Gasteiger partial charge in [-0.25, -0.2) is 19.2 Å². The van der Waals surface area contributed by atoms with Gasteiger partial charge in [-0.1, -0.05) is 121 Å². The van der Waals surface area contributed by atoms with Crippen molar-refractivity contribution in [1.82, 2.24) is 0 Å². The van der Waals surface area contributed by atoms with Gasteiger partial charge in [0.2, 0.25) is 0 Å². The van der Waals surface area contributed by atoms with E-state index >= 15 is 0 Å². The molecule has 0 fully saturated rings. The number of carbonyl (C=O) groups excluding carboxylic acids is 4. The Balaban J connectivity index is 1.53. The normalized spacial score (nSPS) is 12.6. The second kappa shape index (κ2) is 19.4. The van der Waals surface area contributed by atoms with Gasteiger partial charge in [-0.15, -0.1) is 0 Å². The molecule has 0 radical (unpaired) electrons. The molecule has 4 aromatic rings. The van der Waals surface area contributed by atoms with Crippen LogP contribution in [0.3, 0.4) is 0 Å². The van der Waals surface area contributed by atoms with Crippen molar-refractivity contribution >= 4 is 48.2 Å². The lowest BCUT2D eigenvalue weighted by Gasteiger charge is -2.31. The van der Waals surface area contributed by atoms with Crippen molar-refractivity contribution in [3.8, 4) is 0 Å². The third-order valence-electron chi connectivity index (χ3n) is 6.93. The first-order valence-electron chi connectivity index (χ1n) is 15.5. The Hall–Kier alpha value is -6.28. The summed E-state index contributed by atoms with van der Waals surface area (Å²) < 4.78 is 22.2. The number of rotatable bonds is 16. The monoisotopic (exact) mass is 656 g/mol. The first-order chi connectivity index (χ1) is 23.9. The van der Waals surface area contributed by atoms with Gasteiger partial charge in [0.25, 0.3) is 0 Å². The van der Waals surface area contributed by atoms with Crippen LogP contribution >= 0.6 is 0 Å². The summed E-state index contributed by atoms with van der Waals surface area (Å²) >= 11 is 0. The molecule has 0 saturated carbocycles. The van der Waals surface area contributed by atoms with Crippen LogP contribution < -0.4 is 0 Å². The standard InChI is InChI=1S/C41H36O8/c42-37(25-21-33-13-5-1-6-14-33)46-29-41(30-47-38(43)26-22-34-15-7-2-8-16-34,31-48-39(44)27-23-35-17-9-3-10-18-35)32-49-40(45)28-24-36-19-11-4-12-20-36/h1-28H,29-32H2. The molecule has 8 nitrogen and oxygen atoms in total. The van der Waals surface area contributed by atoms with Gasteiger partial charge in [-0.2, -0.15) is 0 Å². The van der Waals surface area contributed by atoms with Crippen LogP contribution in [0.25, 0.3) is 24.3 Å². The number of hydrogen-bond donors (Lipinski definition) is 0. The SMILES string of the molecule is O=C(C=Cc1ccccc1)OCC(COC(=O)C=Cc1ccccc1)(COC(=O)C=Cc1ccccc1)COC(=O)C=Cc1ccccc1. The van der Waals surface area contributed by atoms with E-state index in [1.54, 1.807) is 24.3 Å². The Kier molecular flexibility index (Phi) is 14.1. The highest BCUT2D eigenvalue weighted by atomic mass is 16.6. The quantitative estimate of drug-likeness (QED) is 0.0722. The Morgan fingerprint density at radius 3 is 0.776 bits per heavy atom. The summed E-state index contributed by atoms with van der Waals surface area (Å²) in [7, 11) is 0. The minimum Gasteiger partial charge on any atom is -0.462 e. The third kappa shape index (κ3) is 13.5. The van der Waals surface area contributed by atoms with Crippen LogP contribution in [-0.4, -0.2) is 50.3 Å². The molecule has 0 heterocycles. The molecule has 0 unspecified atom stereocenters. The fraction of sp³-hybridized carbons (Fsp3) is 0.122. The van der Waals surface area contributed by atoms with Gasteiger partial charge >= 0.3 is 23.9 Å². The molecule has 0 spiro atoms. The van der Waals surface area contributed by atoms with Crippen LogP contribution in [0.2, 0.25) is 0 Å². The second-order valence-electron chi connectivity index (χ2n) is 10.9. The highest BCUT2D eigenvalue weighted by molar-refractivity contribution is 5.89. The molecule has 4 aromatic carbocycles. The van der Waals surface area contributed by atoms with Gasteiger partial charge in [-0.05, 0) is 46.6 Å². The first-order valence-corrected chi connectivity index (χ1v) is 15.5. The zero-order valence-electron chi connectivity index (χ0n) is 26.8. The predicted octanol–water partition coefficient (Wildman–Crippen LogP) is 7.00. The van der Waals surface area contributed by atoms with E-state index in [0.29, 0.717) is 0 Å². The van der Waals surface area contributed by atoms with Crippen molar-refractivity contribution in [1.29, 1.82) is 0 Å². The average molecular weight is 657 g/mol. The maximum absolute atomic E-state index is 12.8. The van der Waals surface area contributed by atoms with Gasteiger partial charge in [0, 0.05) is 24.3 Å². The fourth-order valence-corrected chi connectivity index (χ4v) is 4.25. The van der Waals surface area contributed by atoms with Gasteiger partial charge in [0.1, 0.15) is 31.8 Å². The minimum atomic E-state index is -1.46. The van der Waals surface area contributed by atoms with Crippen LogP contribution in [0.15, 0.2) is 146 Å². The maximum atomic E-state index is 12.8. The van der Waals surface area contributed by atoms with Crippen molar-refractivity contribution in [3.05, 3.63) is 168 Å². The summed E-state index contributed by atoms with van der Waals surface area (Å²) in [6.07, 6.45) is 11.3. The smallest absolute Gasteiger partial charge is 0.330 e. The lowest BCUT2D eigenvalue weighted by atomic mass is 9.92. The number of benzene rings is 4. The second-order valence-corrected chi connectivity index (χ2v) is 10.9. The Morgan fingerprint density at radius 2 is 0.571 bits per heavy atom. The molecule has 248 valence electrons. The Bertz CT molecular complexity index is 1490.